The molecule has 0 radical (unpaired) electrons. The van der Waals surface area contributed by atoms with Crippen LogP contribution in [0.25, 0.3) is 10.9 Å². The Balaban J connectivity index is 2.21. The zero-order valence-corrected chi connectivity index (χ0v) is 11.7. The van der Waals surface area contributed by atoms with Crippen LogP contribution in [0.15, 0.2) is 54.7 Å². The average Bonchev–Trinajstić information content (AvgIpc) is 2.51. The molecule has 0 fully saturated rings. The van der Waals surface area contributed by atoms with E-state index in [0.717, 1.165) is 22.0 Å². The predicted octanol–water partition coefficient (Wildman–Crippen LogP) is 3.24. The van der Waals surface area contributed by atoms with Crippen molar-refractivity contribution in [3.63, 3.8) is 0 Å². The van der Waals surface area contributed by atoms with Crippen LogP contribution in [0.5, 0.6) is 0 Å². The van der Waals surface area contributed by atoms with Crippen molar-refractivity contribution in [2.45, 2.75) is 13.0 Å². The maximum atomic E-state index is 14.2. The van der Waals surface area contributed by atoms with Crippen LogP contribution in [-0.2, 0) is 0 Å². The van der Waals surface area contributed by atoms with E-state index in [9.17, 15) is 4.39 Å². The third-order valence-corrected chi connectivity index (χ3v) is 3.60. The molecule has 1 unspecified atom stereocenters. The van der Waals surface area contributed by atoms with Gasteiger partial charge in [0.1, 0.15) is 5.82 Å². The number of halogens is 1. The Kier molecular flexibility index (Phi) is 3.64. The van der Waals surface area contributed by atoms with Crippen molar-refractivity contribution in [1.82, 2.24) is 10.4 Å². The fourth-order valence-corrected chi connectivity index (χ4v) is 2.59. The number of para-hydroxylation sites is 1. The molecule has 0 aliphatic heterocycles. The summed E-state index contributed by atoms with van der Waals surface area (Å²) in [7, 11) is 0. The number of rotatable bonds is 3. The monoisotopic (exact) mass is 281 g/mol. The molecule has 1 aromatic heterocycles. The number of nitrogens with one attached hydrogen (secondary N) is 1. The molecule has 0 saturated heterocycles. The fraction of sp³-hybridized carbons (Fsp3) is 0.118. The number of aryl methyl sites for hydroxylation is 1. The van der Waals surface area contributed by atoms with Crippen LogP contribution in [-0.4, -0.2) is 4.98 Å². The lowest BCUT2D eigenvalue weighted by Crippen LogP contribution is -2.29. The molecule has 21 heavy (non-hydrogen) atoms. The summed E-state index contributed by atoms with van der Waals surface area (Å²) in [6, 6.07) is 14.3. The van der Waals surface area contributed by atoms with Crippen LogP contribution >= 0.6 is 0 Å². The van der Waals surface area contributed by atoms with E-state index in [1.165, 1.54) is 6.07 Å². The van der Waals surface area contributed by atoms with Gasteiger partial charge in [-0.25, -0.2) is 9.82 Å². The highest BCUT2D eigenvalue weighted by atomic mass is 19.1. The number of nitrogens with two attached hydrogens (primary N) is 1. The first-order valence-electron chi connectivity index (χ1n) is 6.76. The number of nitrogens with zero attached hydrogens (tertiary/aromatic N) is 1. The average molecular weight is 281 g/mol. The van der Waals surface area contributed by atoms with E-state index in [4.69, 9.17) is 5.84 Å². The topological polar surface area (TPSA) is 50.9 Å². The zero-order valence-electron chi connectivity index (χ0n) is 11.7. The summed E-state index contributed by atoms with van der Waals surface area (Å²) in [6.45, 7) is 1.93. The Bertz CT molecular complexity index is 781. The highest BCUT2D eigenvalue weighted by molar-refractivity contribution is 5.82. The van der Waals surface area contributed by atoms with E-state index in [1.807, 2.05) is 43.3 Å². The van der Waals surface area contributed by atoms with Gasteiger partial charge in [0.15, 0.2) is 0 Å². The van der Waals surface area contributed by atoms with E-state index in [2.05, 4.69) is 10.4 Å². The van der Waals surface area contributed by atoms with Crippen LogP contribution < -0.4 is 11.3 Å². The molecule has 3 aromatic rings. The molecule has 0 saturated carbocycles. The molecular formula is C17H16FN3. The lowest BCUT2D eigenvalue weighted by atomic mass is 9.95. The van der Waals surface area contributed by atoms with E-state index in [1.54, 1.807) is 12.3 Å². The molecule has 0 amide bonds. The fourth-order valence-electron chi connectivity index (χ4n) is 2.59. The minimum absolute atomic E-state index is 0.281. The Hall–Kier alpha value is -2.30. The highest BCUT2D eigenvalue weighted by Gasteiger charge is 2.19. The summed E-state index contributed by atoms with van der Waals surface area (Å²) >= 11 is 0. The van der Waals surface area contributed by atoms with Crippen molar-refractivity contribution in [1.29, 1.82) is 0 Å². The molecule has 0 spiro atoms. The van der Waals surface area contributed by atoms with Crippen molar-refractivity contribution in [2.24, 2.45) is 5.84 Å². The first-order chi connectivity index (χ1) is 10.2. The first-order valence-corrected chi connectivity index (χ1v) is 6.76. The zero-order chi connectivity index (χ0) is 14.8. The second-order valence-corrected chi connectivity index (χ2v) is 5.05. The summed E-state index contributed by atoms with van der Waals surface area (Å²) in [5, 5.41) is 1.00. The van der Waals surface area contributed by atoms with Gasteiger partial charge in [0, 0.05) is 22.7 Å². The van der Waals surface area contributed by atoms with Crippen LogP contribution in [0.4, 0.5) is 4.39 Å². The minimum Gasteiger partial charge on any atom is -0.271 e. The lowest BCUT2D eigenvalue weighted by molar-refractivity contribution is 0.561. The maximum Gasteiger partial charge on any atom is 0.128 e. The normalized spacial score (nSPS) is 12.5. The molecule has 106 valence electrons. The Morgan fingerprint density at radius 1 is 1.10 bits per heavy atom. The minimum atomic E-state index is -0.441. The summed E-state index contributed by atoms with van der Waals surface area (Å²) in [6.07, 6.45) is 1.73. The largest absolute Gasteiger partial charge is 0.271 e. The molecule has 3 nitrogen and oxygen atoms in total. The molecule has 4 heteroatoms. The van der Waals surface area contributed by atoms with Gasteiger partial charge in [0.05, 0.1) is 11.6 Å². The number of pyridine rings is 1. The Labute approximate surface area is 122 Å². The lowest BCUT2D eigenvalue weighted by Gasteiger charge is -2.19. The number of hydrazine groups is 1. The van der Waals surface area contributed by atoms with Gasteiger partial charge in [-0.1, -0.05) is 42.0 Å². The number of benzene rings is 2. The molecule has 3 rings (SSSR count). The second kappa shape index (κ2) is 5.60. The first kappa shape index (κ1) is 13.7. The van der Waals surface area contributed by atoms with Gasteiger partial charge < -0.3 is 0 Å². The molecule has 0 aliphatic carbocycles. The van der Waals surface area contributed by atoms with Crippen molar-refractivity contribution in [3.8, 4) is 0 Å². The third kappa shape index (κ3) is 2.51. The van der Waals surface area contributed by atoms with Gasteiger partial charge in [0.2, 0.25) is 0 Å². The van der Waals surface area contributed by atoms with E-state index < -0.39 is 6.04 Å². The molecule has 2 aromatic carbocycles. The van der Waals surface area contributed by atoms with Crippen LogP contribution in [0.1, 0.15) is 22.7 Å². The number of hydrogen-bond donors (Lipinski definition) is 2. The summed E-state index contributed by atoms with van der Waals surface area (Å²) in [4.78, 5) is 4.41. The van der Waals surface area contributed by atoms with Gasteiger partial charge >= 0.3 is 0 Å². The summed E-state index contributed by atoms with van der Waals surface area (Å²) < 4.78 is 14.2. The van der Waals surface area contributed by atoms with Crippen LogP contribution in [0.3, 0.4) is 0 Å². The SMILES string of the molecule is Cc1ccc(F)c(C(NN)c2cccc3cccnc23)c1. The van der Waals surface area contributed by atoms with Gasteiger partial charge in [-0.05, 0) is 19.1 Å². The van der Waals surface area contributed by atoms with Crippen molar-refractivity contribution >= 4 is 10.9 Å². The van der Waals surface area contributed by atoms with Crippen molar-refractivity contribution < 1.29 is 4.39 Å². The predicted molar refractivity (Wildman–Crippen MR) is 82.0 cm³/mol. The standard InChI is InChI=1S/C17H16FN3/c1-11-7-8-15(18)14(10-11)17(21-19)13-6-2-4-12-5-3-9-20-16(12)13/h2-10,17,21H,19H2,1H3. The molecule has 1 heterocycles. The van der Waals surface area contributed by atoms with Gasteiger partial charge in [-0.2, -0.15) is 0 Å². The smallest absolute Gasteiger partial charge is 0.128 e. The van der Waals surface area contributed by atoms with Gasteiger partial charge in [-0.3, -0.25) is 10.8 Å². The van der Waals surface area contributed by atoms with Crippen molar-refractivity contribution in [2.75, 3.05) is 0 Å². The highest BCUT2D eigenvalue weighted by Crippen LogP contribution is 2.29. The van der Waals surface area contributed by atoms with Gasteiger partial charge in [-0.15, -0.1) is 0 Å². The second-order valence-electron chi connectivity index (χ2n) is 5.05. The van der Waals surface area contributed by atoms with E-state index in [0.29, 0.717) is 5.56 Å². The molecule has 0 bridgehead atoms. The van der Waals surface area contributed by atoms with Crippen molar-refractivity contribution in [3.05, 3.63) is 77.2 Å². The van der Waals surface area contributed by atoms with Crippen LogP contribution in [0, 0.1) is 12.7 Å². The molecular weight excluding hydrogens is 265 g/mol. The number of fused-ring (bicyclic) bond motifs is 1. The Morgan fingerprint density at radius 2 is 1.90 bits per heavy atom. The third-order valence-electron chi connectivity index (χ3n) is 3.60. The quantitative estimate of drug-likeness (QED) is 0.572. The Morgan fingerprint density at radius 3 is 2.71 bits per heavy atom. The maximum absolute atomic E-state index is 14.2. The molecule has 0 aliphatic rings. The number of hydrogen-bond acceptors (Lipinski definition) is 3. The number of aromatic nitrogens is 1. The van der Waals surface area contributed by atoms with Crippen LogP contribution in [0.2, 0.25) is 0 Å². The molecule has 1 atom stereocenters. The summed E-state index contributed by atoms with van der Waals surface area (Å²) in [5.74, 6) is 5.42. The van der Waals surface area contributed by atoms with E-state index >= 15 is 0 Å². The summed E-state index contributed by atoms with van der Waals surface area (Å²) in [5.41, 5.74) is 5.91. The van der Waals surface area contributed by atoms with Gasteiger partial charge in [0.25, 0.3) is 0 Å². The molecule has 3 N–H and O–H groups in total. The van der Waals surface area contributed by atoms with E-state index in [-0.39, 0.29) is 5.82 Å².